The van der Waals surface area contributed by atoms with Crippen LogP contribution < -0.4 is 0 Å². The molecule has 0 amide bonds. The summed E-state index contributed by atoms with van der Waals surface area (Å²) in [5.74, 6) is -2.08. The fourth-order valence-electron chi connectivity index (χ4n) is 6.12. The third-order valence-corrected chi connectivity index (χ3v) is 10.3. The van der Waals surface area contributed by atoms with Crippen LogP contribution in [0.1, 0.15) is 149 Å². The van der Waals surface area contributed by atoms with Crippen LogP contribution in [0, 0.1) is 0 Å². The molecule has 6 unspecified atom stereocenters. The van der Waals surface area contributed by atoms with Crippen molar-refractivity contribution >= 4 is 22.1 Å². The molecule has 1 saturated heterocycles. The fraction of sp³-hybridized carbons (Fsp3) is 0.696. The monoisotopic (exact) mass is 853 g/mol. The standard InChI is InChI=1S/C46H76O12S/c1-3-5-7-9-11-13-15-17-19-20-21-23-25-27-29-31-33-35-42(48)57-39(37-56-46-45(51)44(50)43(49)40(58-46)38-59(52,53)54)36-55-41(47)34-32-30-28-26-24-22-18-16-14-12-10-8-6-4-2/h5,7,11,13,16-19,21,23,27,29,39-40,43-46,49-51H,3-4,6,8-10,12,14-15,20,22,24-26,28,30-38H2,1-2H3,(H,52,53,54)/b7-5-,13-11-,18-16-,19-17-,23-21-,29-27-. The van der Waals surface area contributed by atoms with E-state index in [9.17, 15) is 37.9 Å². The lowest BCUT2D eigenvalue weighted by Crippen LogP contribution is -2.60. The smallest absolute Gasteiger partial charge is 0.306 e. The van der Waals surface area contributed by atoms with E-state index in [4.69, 9.17) is 18.9 Å². The maximum atomic E-state index is 12.8. The molecule has 1 aliphatic rings. The van der Waals surface area contributed by atoms with E-state index in [2.05, 4.69) is 74.6 Å². The number of aliphatic hydroxyl groups excluding tert-OH is 3. The minimum absolute atomic E-state index is 0.0808. The van der Waals surface area contributed by atoms with Gasteiger partial charge in [0, 0.05) is 12.8 Å². The fourth-order valence-corrected chi connectivity index (χ4v) is 6.81. The quantitative estimate of drug-likeness (QED) is 0.0206. The number of carbonyl (C=O) groups excluding carboxylic acids is 2. The third kappa shape index (κ3) is 30.7. The average Bonchev–Trinajstić information content (AvgIpc) is 3.20. The summed E-state index contributed by atoms with van der Waals surface area (Å²) in [6.07, 6.45) is 35.2. The van der Waals surface area contributed by atoms with E-state index in [0.717, 1.165) is 70.6 Å². The van der Waals surface area contributed by atoms with Crippen LogP contribution in [0.5, 0.6) is 0 Å². The predicted molar refractivity (Wildman–Crippen MR) is 233 cm³/mol. The number of rotatable bonds is 35. The second kappa shape index (κ2) is 35.8. The molecule has 1 heterocycles. The highest BCUT2D eigenvalue weighted by Gasteiger charge is 2.46. The molecule has 0 spiro atoms. The van der Waals surface area contributed by atoms with Crippen LogP contribution in [0.3, 0.4) is 0 Å². The topological polar surface area (TPSA) is 186 Å². The minimum Gasteiger partial charge on any atom is -0.462 e. The lowest BCUT2D eigenvalue weighted by atomic mass is 10.00. The molecule has 0 aliphatic carbocycles. The molecule has 1 aliphatic heterocycles. The van der Waals surface area contributed by atoms with Crippen LogP contribution in [-0.2, 0) is 38.7 Å². The molecule has 59 heavy (non-hydrogen) atoms. The number of ether oxygens (including phenoxy) is 4. The number of carbonyl (C=O) groups is 2. The predicted octanol–water partition coefficient (Wildman–Crippen LogP) is 8.72. The summed E-state index contributed by atoms with van der Waals surface area (Å²) >= 11 is 0. The lowest BCUT2D eigenvalue weighted by molar-refractivity contribution is -0.297. The highest BCUT2D eigenvalue weighted by Crippen LogP contribution is 2.24. The zero-order valence-corrected chi connectivity index (χ0v) is 36.6. The molecule has 1 fully saturated rings. The first-order chi connectivity index (χ1) is 28.5. The van der Waals surface area contributed by atoms with Gasteiger partial charge in [-0.25, -0.2) is 0 Å². The first-order valence-electron chi connectivity index (χ1n) is 22.0. The Labute approximate surface area is 355 Å². The second-order valence-electron chi connectivity index (χ2n) is 15.0. The van der Waals surface area contributed by atoms with Crippen molar-refractivity contribution < 1.29 is 56.8 Å². The van der Waals surface area contributed by atoms with E-state index >= 15 is 0 Å². The Morgan fingerprint density at radius 3 is 1.66 bits per heavy atom. The summed E-state index contributed by atoms with van der Waals surface area (Å²) < 4.78 is 53.9. The molecular weight excluding hydrogens is 777 g/mol. The Hall–Kier alpha value is -2.91. The van der Waals surface area contributed by atoms with Gasteiger partial charge in [-0.15, -0.1) is 0 Å². The van der Waals surface area contributed by atoms with E-state index in [0.29, 0.717) is 19.3 Å². The Morgan fingerprint density at radius 2 is 1.08 bits per heavy atom. The molecular formula is C46H76O12S. The largest absolute Gasteiger partial charge is 0.462 e. The van der Waals surface area contributed by atoms with Gasteiger partial charge in [-0.2, -0.15) is 8.42 Å². The maximum absolute atomic E-state index is 12.8. The summed E-state index contributed by atoms with van der Waals surface area (Å²) in [6, 6.07) is 0. The van der Waals surface area contributed by atoms with Crippen LogP contribution in [0.2, 0.25) is 0 Å². The molecule has 0 radical (unpaired) electrons. The minimum atomic E-state index is -4.61. The highest BCUT2D eigenvalue weighted by atomic mass is 32.2. The van der Waals surface area contributed by atoms with Crippen molar-refractivity contribution in [1.29, 1.82) is 0 Å². The average molecular weight is 853 g/mol. The SMILES string of the molecule is CC/C=C\C/C=C\C/C=C\C/C=C\C/C=C\CCCC(=O)OC(COC(=O)CCCCCCC/C=C\CCCCCCC)COC1OC(CS(=O)(=O)O)C(O)C(O)C1O. The summed E-state index contributed by atoms with van der Waals surface area (Å²) in [4.78, 5) is 25.3. The van der Waals surface area contributed by atoms with Crippen LogP contribution >= 0.6 is 0 Å². The molecule has 12 nitrogen and oxygen atoms in total. The van der Waals surface area contributed by atoms with Gasteiger partial charge in [0.15, 0.2) is 12.4 Å². The first kappa shape index (κ1) is 54.1. The Kier molecular flexibility index (Phi) is 32.8. The van der Waals surface area contributed by atoms with E-state index in [1.165, 1.54) is 32.1 Å². The number of unbranched alkanes of at least 4 members (excludes halogenated alkanes) is 11. The summed E-state index contributed by atoms with van der Waals surface area (Å²) in [5.41, 5.74) is 0. The van der Waals surface area contributed by atoms with Crippen LogP contribution in [-0.4, -0.2) is 96.0 Å². The highest BCUT2D eigenvalue weighted by molar-refractivity contribution is 7.85. The van der Waals surface area contributed by atoms with Gasteiger partial charge in [0.05, 0.1) is 6.61 Å². The number of allylic oxidation sites excluding steroid dienone is 12. The molecule has 338 valence electrons. The molecule has 4 N–H and O–H groups in total. The molecule has 0 aromatic heterocycles. The van der Waals surface area contributed by atoms with Gasteiger partial charge in [-0.3, -0.25) is 14.1 Å². The van der Waals surface area contributed by atoms with Crippen molar-refractivity contribution in [2.45, 2.75) is 185 Å². The van der Waals surface area contributed by atoms with Crippen molar-refractivity contribution in [3.8, 4) is 0 Å². The van der Waals surface area contributed by atoms with Gasteiger partial charge in [0.2, 0.25) is 0 Å². The van der Waals surface area contributed by atoms with Crippen molar-refractivity contribution in [2.75, 3.05) is 19.0 Å². The van der Waals surface area contributed by atoms with Crippen molar-refractivity contribution in [3.05, 3.63) is 72.9 Å². The molecule has 6 atom stereocenters. The van der Waals surface area contributed by atoms with E-state index in [-0.39, 0.29) is 19.4 Å². The maximum Gasteiger partial charge on any atom is 0.306 e. The second-order valence-corrected chi connectivity index (χ2v) is 16.5. The molecule has 1 rings (SSSR count). The van der Waals surface area contributed by atoms with Gasteiger partial charge in [0.25, 0.3) is 10.1 Å². The zero-order chi connectivity index (χ0) is 43.4. The van der Waals surface area contributed by atoms with Crippen LogP contribution in [0.15, 0.2) is 72.9 Å². The first-order valence-corrected chi connectivity index (χ1v) is 23.6. The Balaban J connectivity index is 2.52. The Morgan fingerprint density at radius 1 is 0.593 bits per heavy atom. The molecule has 0 aromatic rings. The van der Waals surface area contributed by atoms with Gasteiger partial charge < -0.3 is 34.3 Å². The van der Waals surface area contributed by atoms with Gasteiger partial charge >= 0.3 is 11.9 Å². The van der Waals surface area contributed by atoms with Gasteiger partial charge in [-0.05, 0) is 77.0 Å². The Bertz CT molecular complexity index is 1370. The van der Waals surface area contributed by atoms with Gasteiger partial charge in [-0.1, -0.05) is 132 Å². The molecule has 13 heteroatoms. The summed E-state index contributed by atoms with van der Waals surface area (Å²) in [5, 5.41) is 30.8. The summed E-state index contributed by atoms with van der Waals surface area (Å²) in [7, 11) is -4.61. The zero-order valence-electron chi connectivity index (χ0n) is 35.8. The van der Waals surface area contributed by atoms with E-state index in [1.54, 1.807) is 0 Å². The van der Waals surface area contributed by atoms with Crippen molar-refractivity contribution in [3.63, 3.8) is 0 Å². The van der Waals surface area contributed by atoms with E-state index in [1.807, 2.05) is 12.2 Å². The molecule has 0 bridgehead atoms. The van der Waals surface area contributed by atoms with Crippen molar-refractivity contribution in [1.82, 2.24) is 0 Å². The number of hydrogen-bond donors (Lipinski definition) is 4. The summed E-state index contributed by atoms with van der Waals surface area (Å²) in [6.45, 7) is 3.56. The molecule has 0 aromatic carbocycles. The van der Waals surface area contributed by atoms with Crippen LogP contribution in [0.25, 0.3) is 0 Å². The van der Waals surface area contributed by atoms with Gasteiger partial charge in [0.1, 0.15) is 36.8 Å². The normalized spacial score (nSPS) is 20.9. The third-order valence-electron chi connectivity index (χ3n) is 9.52. The van der Waals surface area contributed by atoms with Crippen LogP contribution in [0.4, 0.5) is 0 Å². The molecule has 0 saturated carbocycles. The van der Waals surface area contributed by atoms with Crippen molar-refractivity contribution in [2.24, 2.45) is 0 Å². The lowest BCUT2D eigenvalue weighted by Gasteiger charge is -2.40. The number of hydrogen-bond acceptors (Lipinski definition) is 11. The van der Waals surface area contributed by atoms with E-state index < -0.39 is 71.2 Å². The number of aliphatic hydroxyl groups is 3. The number of esters is 2.